The van der Waals surface area contributed by atoms with Crippen LogP contribution in [0.3, 0.4) is 0 Å². The van der Waals surface area contributed by atoms with E-state index in [-0.39, 0.29) is 5.69 Å². The van der Waals surface area contributed by atoms with E-state index < -0.39 is 29.0 Å². The van der Waals surface area contributed by atoms with Crippen LogP contribution >= 0.6 is 0 Å². The fourth-order valence-electron chi connectivity index (χ4n) is 1.15. The zero-order chi connectivity index (χ0) is 14.6. The van der Waals surface area contributed by atoms with Crippen LogP contribution < -0.4 is 5.32 Å². The van der Waals surface area contributed by atoms with E-state index in [4.69, 9.17) is 5.41 Å². The molecule has 100 valence electrons. The third-order valence-electron chi connectivity index (χ3n) is 2.17. The Hall–Kier alpha value is -2.44. The molecular formula is C12H9F3N2O2. The molecule has 4 nitrogen and oxygen atoms in total. The molecule has 1 aromatic carbocycles. The van der Waals surface area contributed by atoms with Gasteiger partial charge in [-0.25, -0.2) is 0 Å². The lowest BCUT2D eigenvalue weighted by molar-refractivity contribution is -0.137. The summed E-state index contributed by atoms with van der Waals surface area (Å²) in [5.41, 5.74) is -1.22. The van der Waals surface area contributed by atoms with Crippen molar-refractivity contribution in [2.45, 2.75) is 6.18 Å². The minimum absolute atomic E-state index is 0.0944. The Morgan fingerprint density at radius 2 is 1.74 bits per heavy atom. The van der Waals surface area contributed by atoms with Gasteiger partial charge in [0.25, 0.3) is 5.91 Å². The maximum atomic E-state index is 12.3. The molecule has 19 heavy (non-hydrogen) atoms. The second kappa shape index (κ2) is 5.47. The SMILES string of the molecule is C=C(C(=O)C=N)C(=O)Nc1ccc(C(F)(F)F)cc1. The summed E-state index contributed by atoms with van der Waals surface area (Å²) in [5.74, 6) is -1.74. The Labute approximate surface area is 106 Å². The first kappa shape index (κ1) is 14.6. The van der Waals surface area contributed by atoms with Crippen LogP contribution in [0.1, 0.15) is 5.56 Å². The summed E-state index contributed by atoms with van der Waals surface area (Å²) < 4.78 is 36.9. The zero-order valence-electron chi connectivity index (χ0n) is 9.54. The minimum Gasteiger partial charge on any atom is -0.322 e. The number of hydrogen-bond acceptors (Lipinski definition) is 3. The third kappa shape index (κ3) is 3.77. The van der Waals surface area contributed by atoms with Crippen LogP contribution in [0, 0.1) is 5.41 Å². The average molecular weight is 270 g/mol. The van der Waals surface area contributed by atoms with Crippen molar-refractivity contribution in [3.8, 4) is 0 Å². The van der Waals surface area contributed by atoms with Crippen molar-refractivity contribution in [3.63, 3.8) is 0 Å². The van der Waals surface area contributed by atoms with E-state index in [1.54, 1.807) is 0 Å². The van der Waals surface area contributed by atoms with E-state index in [0.29, 0.717) is 6.21 Å². The highest BCUT2D eigenvalue weighted by atomic mass is 19.4. The lowest BCUT2D eigenvalue weighted by atomic mass is 10.1. The van der Waals surface area contributed by atoms with Crippen LogP contribution in [-0.4, -0.2) is 17.9 Å². The lowest BCUT2D eigenvalue weighted by Gasteiger charge is -2.08. The number of ketones is 1. The Morgan fingerprint density at radius 1 is 1.21 bits per heavy atom. The molecule has 0 aliphatic rings. The summed E-state index contributed by atoms with van der Waals surface area (Å²) in [6.45, 7) is 3.19. The first-order valence-corrected chi connectivity index (χ1v) is 4.98. The number of carbonyl (C=O) groups is 2. The van der Waals surface area contributed by atoms with Crippen LogP contribution in [-0.2, 0) is 15.8 Å². The highest BCUT2D eigenvalue weighted by Gasteiger charge is 2.30. The molecule has 2 N–H and O–H groups in total. The third-order valence-corrected chi connectivity index (χ3v) is 2.17. The zero-order valence-corrected chi connectivity index (χ0v) is 9.54. The summed E-state index contributed by atoms with van der Waals surface area (Å²) >= 11 is 0. The normalized spacial score (nSPS) is 10.7. The molecule has 0 fully saturated rings. The molecule has 7 heteroatoms. The molecule has 0 heterocycles. The summed E-state index contributed by atoms with van der Waals surface area (Å²) in [6, 6.07) is 3.72. The standard InChI is InChI=1S/C12H9F3N2O2/c1-7(10(18)6-16)11(19)17-9-4-2-8(3-5-9)12(13,14)15/h2-6,16H,1H2,(H,17,19). The quantitative estimate of drug-likeness (QED) is 0.382. The van der Waals surface area contributed by atoms with Crippen molar-refractivity contribution < 1.29 is 22.8 Å². The molecule has 1 aromatic rings. The number of halogens is 3. The molecule has 0 saturated heterocycles. The number of carbonyl (C=O) groups excluding carboxylic acids is 2. The van der Waals surface area contributed by atoms with E-state index in [0.717, 1.165) is 24.3 Å². The monoisotopic (exact) mass is 270 g/mol. The van der Waals surface area contributed by atoms with Crippen molar-refractivity contribution in [2.75, 3.05) is 5.32 Å². The van der Waals surface area contributed by atoms with E-state index >= 15 is 0 Å². The highest BCUT2D eigenvalue weighted by Crippen LogP contribution is 2.29. The second-order valence-electron chi connectivity index (χ2n) is 3.52. The molecule has 0 radical (unpaired) electrons. The van der Waals surface area contributed by atoms with Crippen molar-refractivity contribution in [1.29, 1.82) is 5.41 Å². The molecule has 0 bridgehead atoms. The Morgan fingerprint density at radius 3 is 2.16 bits per heavy atom. The molecule has 1 rings (SSSR count). The van der Waals surface area contributed by atoms with Crippen molar-refractivity contribution in [1.82, 2.24) is 0 Å². The van der Waals surface area contributed by atoms with E-state index in [1.807, 2.05) is 0 Å². The number of alkyl halides is 3. The van der Waals surface area contributed by atoms with Gasteiger partial charge in [-0.15, -0.1) is 0 Å². The molecule has 0 aliphatic carbocycles. The van der Waals surface area contributed by atoms with E-state index in [1.165, 1.54) is 0 Å². The van der Waals surface area contributed by atoms with Crippen LogP contribution in [0.2, 0.25) is 0 Å². The van der Waals surface area contributed by atoms with Gasteiger partial charge < -0.3 is 10.7 Å². The highest BCUT2D eigenvalue weighted by molar-refractivity contribution is 6.43. The number of Topliss-reactive ketones (excluding diaryl/α,β-unsaturated/α-hetero) is 1. The first-order chi connectivity index (χ1) is 8.75. The molecular weight excluding hydrogens is 261 g/mol. The summed E-state index contributed by atoms with van der Waals surface area (Å²) in [6.07, 6.45) is -4.03. The number of nitrogens with one attached hydrogen (secondary N) is 2. The van der Waals surface area contributed by atoms with Crippen LogP contribution in [0.15, 0.2) is 36.4 Å². The van der Waals surface area contributed by atoms with Gasteiger partial charge in [0.15, 0.2) is 0 Å². The van der Waals surface area contributed by atoms with Crippen molar-refractivity contribution in [2.24, 2.45) is 0 Å². The van der Waals surface area contributed by atoms with Crippen LogP contribution in [0.4, 0.5) is 18.9 Å². The topological polar surface area (TPSA) is 70.0 Å². The number of anilines is 1. The summed E-state index contributed by atoms with van der Waals surface area (Å²) in [5, 5.41) is 8.87. The largest absolute Gasteiger partial charge is 0.416 e. The van der Waals surface area contributed by atoms with Crippen LogP contribution in [0.25, 0.3) is 0 Å². The van der Waals surface area contributed by atoms with E-state index in [9.17, 15) is 22.8 Å². The van der Waals surface area contributed by atoms with E-state index in [2.05, 4.69) is 11.9 Å². The molecule has 0 spiro atoms. The number of amides is 1. The lowest BCUT2D eigenvalue weighted by Crippen LogP contribution is -2.20. The van der Waals surface area contributed by atoms with Crippen LogP contribution in [0.5, 0.6) is 0 Å². The van der Waals surface area contributed by atoms with Gasteiger partial charge in [0.05, 0.1) is 17.4 Å². The number of hydrogen-bond donors (Lipinski definition) is 2. The Kier molecular flexibility index (Phi) is 4.21. The average Bonchev–Trinajstić information content (AvgIpc) is 2.36. The van der Waals surface area contributed by atoms with Gasteiger partial charge in [0, 0.05) is 5.69 Å². The molecule has 1 amide bonds. The van der Waals surface area contributed by atoms with Gasteiger partial charge in [-0.2, -0.15) is 13.2 Å². The van der Waals surface area contributed by atoms with Gasteiger partial charge >= 0.3 is 6.18 Å². The smallest absolute Gasteiger partial charge is 0.322 e. The molecule has 0 aromatic heterocycles. The maximum Gasteiger partial charge on any atom is 0.416 e. The van der Waals surface area contributed by atoms with Gasteiger partial charge in [-0.3, -0.25) is 9.59 Å². The fraction of sp³-hybridized carbons (Fsp3) is 0.0833. The van der Waals surface area contributed by atoms with Gasteiger partial charge in [0.2, 0.25) is 5.78 Å². The first-order valence-electron chi connectivity index (χ1n) is 4.98. The Bertz CT molecular complexity index is 533. The summed E-state index contributed by atoms with van der Waals surface area (Å²) in [4.78, 5) is 22.4. The molecule has 0 aliphatic heterocycles. The van der Waals surface area contributed by atoms with Crippen molar-refractivity contribution in [3.05, 3.63) is 42.0 Å². The molecule has 0 atom stereocenters. The molecule has 0 unspecified atom stereocenters. The predicted molar refractivity (Wildman–Crippen MR) is 63.0 cm³/mol. The molecule has 0 saturated carbocycles. The number of benzene rings is 1. The van der Waals surface area contributed by atoms with Crippen molar-refractivity contribution >= 4 is 23.6 Å². The Balaban J connectivity index is 2.79. The van der Waals surface area contributed by atoms with Gasteiger partial charge in [-0.1, -0.05) is 6.58 Å². The van der Waals surface area contributed by atoms with Gasteiger partial charge in [-0.05, 0) is 24.3 Å². The fourth-order valence-corrected chi connectivity index (χ4v) is 1.15. The second-order valence-corrected chi connectivity index (χ2v) is 3.52. The minimum atomic E-state index is -4.46. The predicted octanol–water partition coefficient (Wildman–Crippen LogP) is 2.42. The maximum absolute atomic E-state index is 12.3. The number of rotatable bonds is 4. The summed E-state index contributed by atoms with van der Waals surface area (Å²) in [7, 11) is 0. The van der Waals surface area contributed by atoms with Gasteiger partial charge in [0.1, 0.15) is 0 Å².